The SMILES string of the molecule is CCCCCCCCCc1cccc(OP([O-])(=S)[S-])c1CCCCCCCCC.CCCCCCCCCc1cccc(OP([O-])(=S)[S-])c1CCCCCCCCC.CCCCCCCCCc1cccc(OP([O-])(=S)[S-])c1CCCCCCCCC.[Mo]. The first kappa shape index (κ1) is 88.6. The van der Waals surface area contributed by atoms with E-state index < -0.39 is 17.1 Å². The van der Waals surface area contributed by atoms with Crippen molar-refractivity contribution in [3.63, 3.8) is 0 Å². The van der Waals surface area contributed by atoms with Crippen LogP contribution in [-0.4, -0.2) is 0 Å². The molecule has 0 aliphatic carbocycles. The monoisotopic (exact) mass is 1470 g/mol. The molecule has 3 unspecified atom stereocenters. The van der Waals surface area contributed by atoms with E-state index in [4.69, 9.17) is 85.7 Å². The topological polar surface area (TPSA) is 96.9 Å². The Balaban J connectivity index is 0.00000128. The second-order valence-electron chi connectivity index (χ2n) is 24.5. The predicted octanol–water partition coefficient (Wildman–Crippen LogP) is 23.3. The minimum absolute atomic E-state index is 0. The van der Waals surface area contributed by atoms with Gasteiger partial charge in [-0.05, 0) is 129 Å². The minimum atomic E-state index is -3.37. The molecule has 0 radical (unpaired) electrons. The van der Waals surface area contributed by atoms with Crippen LogP contribution in [0.15, 0.2) is 54.6 Å². The van der Waals surface area contributed by atoms with E-state index in [1.165, 1.54) is 284 Å². The van der Waals surface area contributed by atoms with Gasteiger partial charge in [0.05, 0.1) is 0 Å². The van der Waals surface area contributed by atoms with Crippen molar-refractivity contribution in [1.82, 2.24) is 0 Å². The fourth-order valence-electron chi connectivity index (χ4n) is 11.6. The number of hydrogen-bond acceptors (Lipinski definition) is 12. The van der Waals surface area contributed by atoms with Crippen molar-refractivity contribution < 1.29 is 49.3 Å². The van der Waals surface area contributed by atoms with Crippen molar-refractivity contribution in [1.29, 1.82) is 0 Å². The average Bonchev–Trinajstić information content (AvgIpc) is 2.36. The zero-order valence-corrected chi connectivity index (χ0v) is 65.9. The molecule has 510 valence electrons. The van der Waals surface area contributed by atoms with Crippen LogP contribution in [0.2, 0.25) is 0 Å². The van der Waals surface area contributed by atoms with E-state index in [0.29, 0.717) is 17.2 Å². The van der Waals surface area contributed by atoms with Gasteiger partial charge in [-0.1, -0.05) is 362 Å². The van der Waals surface area contributed by atoms with E-state index in [9.17, 15) is 14.7 Å². The van der Waals surface area contributed by atoms with E-state index in [-0.39, 0.29) is 21.1 Å². The minimum Gasteiger partial charge on any atom is -0.809 e. The summed E-state index contributed by atoms with van der Waals surface area (Å²) in [6, 6.07) is 18.2. The zero-order chi connectivity index (χ0) is 64.1. The third kappa shape index (κ3) is 51.0. The fraction of sp³-hybridized carbons (Fsp3) is 0.750. The predicted molar refractivity (Wildman–Crippen MR) is 396 cm³/mol. The van der Waals surface area contributed by atoms with Gasteiger partial charge in [-0.3, -0.25) is 0 Å². The quantitative estimate of drug-likeness (QED) is 0.0233. The molecule has 0 spiro atoms. The van der Waals surface area contributed by atoms with Crippen LogP contribution in [-0.2, 0) is 132 Å². The molecule has 16 heteroatoms. The van der Waals surface area contributed by atoms with Gasteiger partial charge in [0.2, 0.25) is 0 Å². The second kappa shape index (κ2) is 58.9. The number of unbranched alkanes of at least 4 members (excludes halogenated alkanes) is 36. The number of rotatable bonds is 54. The summed E-state index contributed by atoms with van der Waals surface area (Å²) in [6.45, 7) is 13.5. The summed E-state index contributed by atoms with van der Waals surface area (Å²) >= 11 is 29.2. The largest absolute Gasteiger partial charge is 0.809 e. The molecule has 3 rings (SSSR count). The van der Waals surface area contributed by atoms with Crippen molar-refractivity contribution in [2.75, 3.05) is 0 Å². The summed E-state index contributed by atoms with van der Waals surface area (Å²) in [6.07, 6.45) is 60.3. The van der Waals surface area contributed by atoms with Gasteiger partial charge in [-0.25, -0.2) is 0 Å². The molecule has 0 saturated carbocycles. The summed E-state index contributed by atoms with van der Waals surface area (Å²) in [5.74, 6) is 1.97. The Kier molecular flexibility index (Phi) is 59.4. The van der Waals surface area contributed by atoms with Crippen LogP contribution >= 0.6 is 17.1 Å². The maximum atomic E-state index is 11.9. The van der Waals surface area contributed by atoms with Gasteiger partial charge in [0.25, 0.3) is 0 Å². The molecular weight excluding hydrogens is 1340 g/mol. The molecule has 88 heavy (non-hydrogen) atoms. The van der Waals surface area contributed by atoms with E-state index in [0.717, 1.165) is 57.8 Å². The first-order chi connectivity index (χ1) is 41.9. The Labute approximate surface area is 588 Å². The van der Waals surface area contributed by atoms with Crippen LogP contribution < -0.4 is 28.3 Å². The molecule has 0 aromatic heterocycles. The number of hydrogen-bond donors (Lipinski definition) is 0. The summed E-state index contributed by atoms with van der Waals surface area (Å²) in [5, 5.41) is 0. The van der Waals surface area contributed by atoms with Gasteiger partial charge in [0.15, 0.2) is 0 Å². The summed E-state index contributed by atoms with van der Waals surface area (Å²) in [4.78, 5) is 35.8. The third-order valence-corrected chi connectivity index (χ3v) is 19.2. The molecule has 3 aromatic rings. The summed E-state index contributed by atoms with van der Waals surface area (Å²) in [5.41, 5.74) is -2.61. The van der Waals surface area contributed by atoms with Crippen LogP contribution in [0.5, 0.6) is 17.2 Å². The molecule has 3 aromatic carbocycles. The van der Waals surface area contributed by atoms with Crippen molar-refractivity contribution in [2.24, 2.45) is 0 Å². The van der Waals surface area contributed by atoms with Gasteiger partial charge in [0, 0.05) is 21.1 Å². The first-order valence-corrected chi connectivity index (χ1v) is 46.4. The molecule has 0 heterocycles. The van der Waals surface area contributed by atoms with Crippen LogP contribution in [0.1, 0.15) is 345 Å². The van der Waals surface area contributed by atoms with Gasteiger partial charge in [-0.2, -0.15) is 0 Å². The Morgan fingerprint density at radius 3 is 0.602 bits per heavy atom. The standard InChI is InChI=1S/3C24H43O2PS2.Mo/c3*1-3-5-7-9-11-13-15-18-22-19-17-21-24(26-27(25,28)29)23(22)20-16-14-12-10-8-6-4-2;/h3*17,19,21H,3-16,18,20H2,1-2H3,(H2,25,28,29);/p-6. The summed E-state index contributed by atoms with van der Waals surface area (Å²) < 4.78 is 16.6. The van der Waals surface area contributed by atoms with Crippen LogP contribution in [0.4, 0.5) is 0 Å². The van der Waals surface area contributed by atoms with Crippen LogP contribution in [0.25, 0.3) is 0 Å². The van der Waals surface area contributed by atoms with Gasteiger partial charge in [-0.15, -0.1) is 0 Å². The maximum Gasteiger partial charge on any atom is 0.123 e. The number of benzene rings is 3. The fourth-order valence-corrected chi connectivity index (χ4v) is 14.3. The Hall–Kier alpha value is 0.628. The van der Waals surface area contributed by atoms with Crippen molar-refractivity contribution >= 4 is 89.2 Å². The van der Waals surface area contributed by atoms with E-state index in [2.05, 4.69) is 59.7 Å². The molecule has 6 nitrogen and oxygen atoms in total. The summed E-state index contributed by atoms with van der Waals surface area (Å²) in [7, 11) is 0. The molecule has 3 atom stereocenters. The van der Waals surface area contributed by atoms with Crippen molar-refractivity contribution in [3.05, 3.63) is 88.0 Å². The molecule has 0 aliphatic heterocycles. The van der Waals surface area contributed by atoms with E-state index >= 15 is 0 Å². The van der Waals surface area contributed by atoms with E-state index in [1.807, 2.05) is 36.4 Å². The first-order valence-electron chi connectivity index (χ1n) is 35.4. The Bertz CT molecular complexity index is 2010. The van der Waals surface area contributed by atoms with Gasteiger partial charge >= 0.3 is 0 Å². The number of aryl methyl sites for hydroxylation is 3. The smallest absolute Gasteiger partial charge is 0.123 e. The molecule has 0 N–H and O–H groups in total. The van der Waals surface area contributed by atoms with Crippen molar-refractivity contribution in [2.45, 2.75) is 350 Å². The molecular formula is C72H123MoO6P3S6-6. The van der Waals surface area contributed by atoms with Crippen LogP contribution in [0, 0.1) is 0 Å². The average molecular weight is 1470 g/mol. The Morgan fingerprint density at radius 2 is 0.432 bits per heavy atom. The van der Waals surface area contributed by atoms with Gasteiger partial charge in [0.1, 0.15) is 17.2 Å². The second-order valence-corrected chi connectivity index (χ2v) is 38.5. The molecule has 0 bridgehead atoms. The molecule has 0 fully saturated rings. The van der Waals surface area contributed by atoms with Crippen molar-refractivity contribution in [3.8, 4) is 17.2 Å². The molecule has 0 saturated heterocycles. The van der Waals surface area contributed by atoms with E-state index in [1.54, 1.807) is 0 Å². The molecule has 0 amide bonds. The normalized spacial score (nSPS) is 13.2. The van der Waals surface area contributed by atoms with Crippen LogP contribution in [0.3, 0.4) is 0 Å². The zero-order valence-electron chi connectivity index (χ0n) is 56.3. The maximum absolute atomic E-state index is 11.9. The molecule has 0 aliphatic rings. The third-order valence-electron chi connectivity index (χ3n) is 16.6. The van der Waals surface area contributed by atoms with Gasteiger partial charge < -0.3 is 65.0 Å². The Morgan fingerprint density at radius 1 is 0.273 bits per heavy atom.